The number of rotatable bonds is 7. The van der Waals surface area contributed by atoms with Gasteiger partial charge in [0.2, 0.25) is 0 Å². The minimum Gasteiger partial charge on any atom is -0.329 e. The van der Waals surface area contributed by atoms with Crippen molar-refractivity contribution in [1.82, 2.24) is 10.6 Å². The number of hydrogen-bond donors (Lipinski definition) is 4. The molecule has 0 aliphatic carbocycles. The third-order valence-electron chi connectivity index (χ3n) is 1.47. The molecule has 0 amide bonds. The van der Waals surface area contributed by atoms with E-state index in [9.17, 15) is 0 Å². The fourth-order valence-corrected chi connectivity index (χ4v) is 0.717. The summed E-state index contributed by atoms with van der Waals surface area (Å²) in [4.78, 5) is 0. The van der Waals surface area contributed by atoms with Gasteiger partial charge in [-0.05, 0) is 6.42 Å². The second-order valence-electron chi connectivity index (χ2n) is 2.51. The molecule has 6 N–H and O–H groups in total. The largest absolute Gasteiger partial charge is 0.329 e. The topological polar surface area (TPSA) is 76.1 Å². The number of nitrogens with one attached hydrogen (secondary N) is 2. The van der Waals surface area contributed by atoms with Crippen molar-refractivity contribution in [3.63, 3.8) is 0 Å². The summed E-state index contributed by atoms with van der Waals surface area (Å²) in [6, 6.07) is 0. The first-order valence-electron chi connectivity index (χ1n) is 4.21. The normalized spacial score (nSPS) is 13.4. The zero-order valence-corrected chi connectivity index (χ0v) is 7.27. The van der Waals surface area contributed by atoms with Gasteiger partial charge in [-0.1, -0.05) is 6.92 Å². The molecule has 4 nitrogen and oxygen atoms in total. The zero-order chi connectivity index (χ0) is 8.53. The van der Waals surface area contributed by atoms with E-state index < -0.39 is 0 Å². The van der Waals surface area contributed by atoms with Crippen LogP contribution < -0.4 is 22.1 Å². The standard InChI is InChI=1S/C7H20N4/c1-2-7(9)11-6-5-10-4-3-8/h7,10-11H,2-6,8-9H2,1H3. The molecular formula is C7H20N4. The minimum atomic E-state index is 0.134. The summed E-state index contributed by atoms with van der Waals surface area (Å²) < 4.78 is 0. The summed E-state index contributed by atoms with van der Waals surface area (Å²) in [5.74, 6) is 0. The molecule has 68 valence electrons. The summed E-state index contributed by atoms with van der Waals surface area (Å²) >= 11 is 0. The Kier molecular flexibility index (Phi) is 7.83. The van der Waals surface area contributed by atoms with Crippen molar-refractivity contribution < 1.29 is 0 Å². The van der Waals surface area contributed by atoms with Crippen LogP contribution >= 0.6 is 0 Å². The molecule has 0 aliphatic rings. The van der Waals surface area contributed by atoms with Crippen molar-refractivity contribution in [2.75, 3.05) is 26.2 Å². The van der Waals surface area contributed by atoms with Crippen molar-refractivity contribution in [2.24, 2.45) is 11.5 Å². The average molecular weight is 160 g/mol. The van der Waals surface area contributed by atoms with Crippen molar-refractivity contribution in [3.05, 3.63) is 0 Å². The van der Waals surface area contributed by atoms with E-state index in [0.717, 1.165) is 26.1 Å². The Morgan fingerprint density at radius 2 is 2.00 bits per heavy atom. The second kappa shape index (κ2) is 7.94. The van der Waals surface area contributed by atoms with Crippen LogP contribution in [0.4, 0.5) is 0 Å². The zero-order valence-electron chi connectivity index (χ0n) is 7.27. The third-order valence-corrected chi connectivity index (χ3v) is 1.47. The Morgan fingerprint density at radius 1 is 1.27 bits per heavy atom. The van der Waals surface area contributed by atoms with E-state index in [1.807, 2.05) is 0 Å². The van der Waals surface area contributed by atoms with Crippen LogP contribution in [0.15, 0.2) is 0 Å². The predicted octanol–water partition coefficient (Wildman–Crippen LogP) is -1.18. The highest BCUT2D eigenvalue weighted by Crippen LogP contribution is 1.76. The van der Waals surface area contributed by atoms with Crippen molar-refractivity contribution in [1.29, 1.82) is 0 Å². The van der Waals surface area contributed by atoms with Crippen LogP contribution in [0.1, 0.15) is 13.3 Å². The number of nitrogens with two attached hydrogens (primary N) is 2. The average Bonchev–Trinajstić information content (AvgIpc) is 2.04. The van der Waals surface area contributed by atoms with Gasteiger partial charge < -0.3 is 22.1 Å². The van der Waals surface area contributed by atoms with Crippen LogP contribution in [0.3, 0.4) is 0 Å². The molecule has 0 heterocycles. The second-order valence-corrected chi connectivity index (χ2v) is 2.51. The molecule has 1 atom stereocenters. The minimum absolute atomic E-state index is 0.134. The predicted molar refractivity (Wildman–Crippen MR) is 48.2 cm³/mol. The Hall–Kier alpha value is -0.160. The van der Waals surface area contributed by atoms with Gasteiger partial charge in [0.05, 0.1) is 6.17 Å². The van der Waals surface area contributed by atoms with E-state index in [-0.39, 0.29) is 6.17 Å². The molecule has 0 fully saturated rings. The maximum atomic E-state index is 5.62. The summed E-state index contributed by atoms with van der Waals surface area (Å²) in [6.07, 6.45) is 1.10. The molecule has 0 rings (SSSR count). The fraction of sp³-hybridized carbons (Fsp3) is 1.00. The van der Waals surface area contributed by atoms with Crippen molar-refractivity contribution in [3.8, 4) is 0 Å². The van der Waals surface area contributed by atoms with E-state index in [4.69, 9.17) is 11.5 Å². The van der Waals surface area contributed by atoms with E-state index in [1.54, 1.807) is 0 Å². The Labute approximate surface area is 68.7 Å². The lowest BCUT2D eigenvalue weighted by Crippen LogP contribution is -2.41. The maximum absolute atomic E-state index is 5.62. The molecule has 0 saturated heterocycles. The smallest absolute Gasteiger partial charge is 0.0544 e. The summed E-state index contributed by atoms with van der Waals surface area (Å²) in [5, 5.41) is 6.34. The van der Waals surface area contributed by atoms with E-state index in [0.29, 0.717) is 6.54 Å². The molecule has 0 saturated carbocycles. The lowest BCUT2D eigenvalue weighted by atomic mass is 10.4. The first-order chi connectivity index (χ1) is 5.31. The summed E-state index contributed by atoms with van der Waals surface area (Å²) in [6.45, 7) is 5.48. The number of hydrogen-bond acceptors (Lipinski definition) is 4. The molecule has 0 spiro atoms. The third kappa shape index (κ3) is 7.74. The Morgan fingerprint density at radius 3 is 2.55 bits per heavy atom. The van der Waals surface area contributed by atoms with E-state index in [1.165, 1.54) is 0 Å². The van der Waals surface area contributed by atoms with Gasteiger partial charge in [-0.15, -0.1) is 0 Å². The van der Waals surface area contributed by atoms with Gasteiger partial charge in [0.15, 0.2) is 0 Å². The molecule has 0 aromatic carbocycles. The monoisotopic (exact) mass is 160 g/mol. The molecular weight excluding hydrogens is 140 g/mol. The first-order valence-corrected chi connectivity index (χ1v) is 4.21. The summed E-state index contributed by atoms with van der Waals surface area (Å²) in [5.41, 5.74) is 10.9. The highest BCUT2D eigenvalue weighted by molar-refractivity contribution is 4.57. The molecule has 0 bridgehead atoms. The fourth-order valence-electron chi connectivity index (χ4n) is 0.717. The van der Waals surface area contributed by atoms with Gasteiger partial charge in [-0.2, -0.15) is 0 Å². The van der Waals surface area contributed by atoms with Crippen molar-refractivity contribution in [2.45, 2.75) is 19.5 Å². The summed E-state index contributed by atoms with van der Waals surface area (Å²) in [7, 11) is 0. The molecule has 11 heavy (non-hydrogen) atoms. The van der Waals surface area contributed by atoms with Crippen LogP contribution in [0.5, 0.6) is 0 Å². The van der Waals surface area contributed by atoms with Gasteiger partial charge in [-0.25, -0.2) is 0 Å². The lowest BCUT2D eigenvalue weighted by molar-refractivity contribution is 0.502. The molecule has 0 radical (unpaired) electrons. The van der Waals surface area contributed by atoms with E-state index in [2.05, 4.69) is 17.6 Å². The highest BCUT2D eigenvalue weighted by atomic mass is 15.0. The Balaban J connectivity index is 2.89. The van der Waals surface area contributed by atoms with Gasteiger partial charge in [0.25, 0.3) is 0 Å². The van der Waals surface area contributed by atoms with Gasteiger partial charge in [-0.3, -0.25) is 0 Å². The van der Waals surface area contributed by atoms with Crippen molar-refractivity contribution >= 4 is 0 Å². The molecule has 0 aromatic rings. The van der Waals surface area contributed by atoms with E-state index >= 15 is 0 Å². The highest BCUT2D eigenvalue weighted by Gasteiger charge is 1.94. The van der Waals surface area contributed by atoms with Gasteiger partial charge in [0.1, 0.15) is 0 Å². The molecule has 1 unspecified atom stereocenters. The maximum Gasteiger partial charge on any atom is 0.0544 e. The SMILES string of the molecule is CCC(N)NCCNCCN. The lowest BCUT2D eigenvalue weighted by Gasteiger charge is -2.10. The molecule has 0 aromatic heterocycles. The van der Waals surface area contributed by atoms with Gasteiger partial charge >= 0.3 is 0 Å². The van der Waals surface area contributed by atoms with Crippen LogP contribution in [0.2, 0.25) is 0 Å². The quantitative estimate of drug-likeness (QED) is 0.279. The Bertz CT molecular complexity index is 76.8. The van der Waals surface area contributed by atoms with Crippen LogP contribution in [0.25, 0.3) is 0 Å². The molecule has 4 heteroatoms. The van der Waals surface area contributed by atoms with Crippen LogP contribution in [-0.4, -0.2) is 32.3 Å². The van der Waals surface area contributed by atoms with Gasteiger partial charge in [0, 0.05) is 26.2 Å². The van der Waals surface area contributed by atoms with Crippen LogP contribution in [0, 0.1) is 0 Å². The first kappa shape index (κ1) is 10.8. The van der Waals surface area contributed by atoms with Crippen LogP contribution in [-0.2, 0) is 0 Å². The molecule has 0 aliphatic heterocycles.